The number of hydrogen-bond acceptors (Lipinski definition) is 7. The molecule has 2 aromatic carbocycles. The van der Waals surface area contributed by atoms with Crippen molar-refractivity contribution in [3.63, 3.8) is 0 Å². The molecule has 1 atom stereocenters. The van der Waals surface area contributed by atoms with E-state index in [4.69, 9.17) is 5.14 Å². The molecule has 0 radical (unpaired) electrons. The van der Waals surface area contributed by atoms with E-state index in [0.717, 1.165) is 18.2 Å². The predicted octanol–water partition coefficient (Wildman–Crippen LogP) is 1.76. The molecule has 30 heavy (non-hydrogen) atoms. The van der Waals surface area contributed by atoms with Gasteiger partial charge in [0.1, 0.15) is 5.69 Å². The zero-order chi connectivity index (χ0) is 21.7. The SMILES string of the molecule is NS(=O)(=O)c1ccc(NCCC(=O)N2CCC(Nc3ccccc3)C2)c([N+](=O)[O-])c1. The van der Waals surface area contributed by atoms with Gasteiger partial charge in [0.15, 0.2) is 0 Å². The van der Waals surface area contributed by atoms with Crippen LogP contribution >= 0.6 is 0 Å². The van der Waals surface area contributed by atoms with E-state index in [-0.39, 0.29) is 35.5 Å². The van der Waals surface area contributed by atoms with E-state index in [0.29, 0.717) is 13.1 Å². The zero-order valence-electron chi connectivity index (χ0n) is 16.2. The molecule has 1 fully saturated rings. The van der Waals surface area contributed by atoms with Gasteiger partial charge < -0.3 is 15.5 Å². The van der Waals surface area contributed by atoms with Gasteiger partial charge in [-0.25, -0.2) is 13.6 Å². The number of primary sulfonamides is 1. The molecule has 1 aliphatic heterocycles. The number of benzene rings is 2. The van der Waals surface area contributed by atoms with Crippen LogP contribution in [0.1, 0.15) is 12.8 Å². The second kappa shape index (κ2) is 9.09. The maximum Gasteiger partial charge on any atom is 0.293 e. The zero-order valence-corrected chi connectivity index (χ0v) is 17.0. The Morgan fingerprint density at radius 1 is 1.23 bits per heavy atom. The van der Waals surface area contributed by atoms with Crippen molar-refractivity contribution in [3.05, 3.63) is 58.6 Å². The average molecular weight is 433 g/mol. The molecular weight excluding hydrogens is 410 g/mol. The van der Waals surface area contributed by atoms with Crippen LogP contribution < -0.4 is 15.8 Å². The number of anilines is 2. The van der Waals surface area contributed by atoms with E-state index in [9.17, 15) is 23.3 Å². The minimum atomic E-state index is -4.05. The molecule has 1 amide bonds. The molecule has 0 spiro atoms. The molecule has 11 heteroatoms. The van der Waals surface area contributed by atoms with Crippen molar-refractivity contribution < 1.29 is 18.1 Å². The second-order valence-electron chi connectivity index (χ2n) is 6.99. The van der Waals surface area contributed by atoms with Gasteiger partial charge in [0.2, 0.25) is 15.9 Å². The third-order valence-electron chi connectivity index (χ3n) is 4.83. The highest BCUT2D eigenvalue weighted by Crippen LogP contribution is 2.27. The number of nitrogens with zero attached hydrogens (tertiary/aromatic N) is 2. The number of nitro benzene ring substituents is 1. The van der Waals surface area contributed by atoms with Crippen molar-refractivity contribution in [2.24, 2.45) is 5.14 Å². The summed E-state index contributed by atoms with van der Waals surface area (Å²) in [6, 6.07) is 13.3. The van der Waals surface area contributed by atoms with Gasteiger partial charge in [-0.15, -0.1) is 0 Å². The van der Waals surface area contributed by atoms with E-state index in [2.05, 4.69) is 10.6 Å². The predicted molar refractivity (Wildman–Crippen MR) is 113 cm³/mol. The fourth-order valence-corrected chi connectivity index (χ4v) is 3.86. The Hall–Kier alpha value is -3.18. The molecule has 0 aromatic heterocycles. The lowest BCUT2D eigenvalue weighted by atomic mass is 10.2. The van der Waals surface area contributed by atoms with E-state index in [1.165, 1.54) is 12.1 Å². The summed E-state index contributed by atoms with van der Waals surface area (Å²) in [7, 11) is -4.05. The van der Waals surface area contributed by atoms with Gasteiger partial charge in [-0.3, -0.25) is 14.9 Å². The standard InChI is InChI=1S/C19H23N5O5S/c20-30(28,29)16-6-7-17(18(12-16)24(26)27)21-10-8-19(25)23-11-9-15(13-23)22-14-4-2-1-3-5-14/h1-7,12,15,21-22H,8-11,13H2,(H2,20,28,29). The summed E-state index contributed by atoms with van der Waals surface area (Å²) in [4.78, 5) is 24.4. The van der Waals surface area contributed by atoms with Crippen LogP contribution in [0.5, 0.6) is 0 Å². The van der Waals surface area contributed by atoms with Crippen molar-refractivity contribution in [2.45, 2.75) is 23.8 Å². The monoisotopic (exact) mass is 433 g/mol. The number of nitro groups is 1. The number of hydrogen-bond donors (Lipinski definition) is 3. The third-order valence-corrected chi connectivity index (χ3v) is 5.75. The van der Waals surface area contributed by atoms with Crippen LogP contribution in [0, 0.1) is 10.1 Å². The van der Waals surface area contributed by atoms with Gasteiger partial charge in [0.05, 0.1) is 9.82 Å². The molecule has 0 saturated carbocycles. The normalized spacial score (nSPS) is 16.3. The van der Waals surface area contributed by atoms with E-state index in [1.807, 2.05) is 30.3 Å². The summed E-state index contributed by atoms with van der Waals surface area (Å²) in [6.07, 6.45) is 1.00. The number of nitrogens with two attached hydrogens (primary N) is 1. The molecule has 0 bridgehead atoms. The average Bonchev–Trinajstić information content (AvgIpc) is 3.16. The van der Waals surface area contributed by atoms with E-state index in [1.54, 1.807) is 4.90 Å². The van der Waals surface area contributed by atoms with Gasteiger partial charge in [-0.2, -0.15) is 0 Å². The molecule has 1 unspecified atom stereocenters. The number of rotatable bonds is 8. The van der Waals surface area contributed by atoms with Crippen LogP contribution in [-0.2, 0) is 14.8 Å². The highest BCUT2D eigenvalue weighted by molar-refractivity contribution is 7.89. The first-order valence-electron chi connectivity index (χ1n) is 9.38. The number of sulfonamides is 1. The van der Waals surface area contributed by atoms with Crippen molar-refractivity contribution >= 4 is 33.0 Å². The Labute approximate surface area is 174 Å². The third kappa shape index (κ3) is 5.45. The lowest BCUT2D eigenvalue weighted by Gasteiger charge is -2.18. The number of carbonyl (C=O) groups is 1. The number of para-hydroxylation sites is 1. The quantitative estimate of drug-likeness (QED) is 0.424. The Bertz CT molecular complexity index is 1030. The molecule has 1 saturated heterocycles. The Balaban J connectivity index is 1.53. The smallest absolute Gasteiger partial charge is 0.293 e. The molecule has 2 aromatic rings. The molecular formula is C19H23N5O5S. The fourth-order valence-electron chi connectivity index (χ4n) is 3.33. The van der Waals surface area contributed by atoms with Crippen LogP contribution in [-0.4, -0.2) is 49.8 Å². The van der Waals surface area contributed by atoms with Gasteiger partial charge in [-0.1, -0.05) is 18.2 Å². The number of carbonyl (C=O) groups excluding carboxylic acids is 1. The van der Waals surface area contributed by atoms with E-state index >= 15 is 0 Å². The molecule has 1 aliphatic rings. The minimum Gasteiger partial charge on any atom is -0.380 e. The molecule has 4 N–H and O–H groups in total. The number of amides is 1. The van der Waals surface area contributed by atoms with Gasteiger partial charge in [0, 0.05) is 43.9 Å². The number of nitrogens with one attached hydrogen (secondary N) is 2. The molecule has 160 valence electrons. The summed E-state index contributed by atoms with van der Waals surface area (Å²) in [5.41, 5.74) is 0.723. The van der Waals surface area contributed by atoms with Crippen LogP contribution in [0.2, 0.25) is 0 Å². The summed E-state index contributed by atoms with van der Waals surface area (Å²) >= 11 is 0. The molecule has 3 rings (SSSR count). The van der Waals surface area contributed by atoms with Crippen LogP contribution in [0.25, 0.3) is 0 Å². The van der Waals surface area contributed by atoms with Gasteiger partial charge >= 0.3 is 0 Å². The van der Waals surface area contributed by atoms with Crippen molar-refractivity contribution in [3.8, 4) is 0 Å². The molecule has 0 aliphatic carbocycles. The van der Waals surface area contributed by atoms with Crippen molar-refractivity contribution in [1.82, 2.24) is 4.90 Å². The summed E-state index contributed by atoms with van der Waals surface area (Å²) in [5, 5.41) is 22.5. The minimum absolute atomic E-state index is 0.0522. The first-order valence-corrected chi connectivity index (χ1v) is 10.9. The Morgan fingerprint density at radius 2 is 1.97 bits per heavy atom. The second-order valence-corrected chi connectivity index (χ2v) is 8.55. The first kappa shape index (κ1) is 21.5. The van der Waals surface area contributed by atoms with Crippen molar-refractivity contribution in [1.29, 1.82) is 0 Å². The van der Waals surface area contributed by atoms with Crippen LogP contribution in [0.4, 0.5) is 17.1 Å². The number of likely N-dealkylation sites (tertiary alicyclic amines) is 1. The first-order chi connectivity index (χ1) is 14.2. The fraction of sp³-hybridized carbons (Fsp3) is 0.316. The highest BCUT2D eigenvalue weighted by Gasteiger charge is 2.26. The van der Waals surface area contributed by atoms with Gasteiger partial charge in [-0.05, 0) is 30.7 Å². The Kier molecular flexibility index (Phi) is 6.53. The van der Waals surface area contributed by atoms with Crippen LogP contribution in [0.3, 0.4) is 0 Å². The highest BCUT2D eigenvalue weighted by atomic mass is 32.2. The maximum absolute atomic E-state index is 12.5. The lowest BCUT2D eigenvalue weighted by Crippen LogP contribution is -2.32. The topological polar surface area (TPSA) is 148 Å². The van der Waals surface area contributed by atoms with Crippen LogP contribution in [0.15, 0.2) is 53.4 Å². The summed E-state index contributed by atoms with van der Waals surface area (Å²) in [5.74, 6) is -0.0522. The van der Waals surface area contributed by atoms with Crippen molar-refractivity contribution in [2.75, 3.05) is 30.3 Å². The van der Waals surface area contributed by atoms with E-state index < -0.39 is 20.6 Å². The Morgan fingerprint density at radius 3 is 2.63 bits per heavy atom. The largest absolute Gasteiger partial charge is 0.380 e. The lowest BCUT2D eigenvalue weighted by molar-refractivity contribution is -0.384. The van der Waals surface area contributed by atoms with Gasteiger partial charge in [0.25, 0.3) is 5.69 Å². The molecule has 1 heterocycles. The summed E-state index contributed by atoms with van der Waals surface area (Å²) < 4.78 is 22.8. The molecule has 10 nitrogen and oxygen atoms in total. The summed E-state index contributed by atoms with van der Waals surface area (Å²) in [6.45, 7) is 1.42. The maximum atomic E-state index is 12.5.